The number of hydrogen-bond acceptors (Lipinski definition) is 6. The smallest absolute Gasteiger partial charge is 0.339 e. The van der Waals surface area contributed by atoms with Gasteiger partial charge in [-0.1, -0.05) is 23.7 Å². The molecule has 0 heterocycles. The van der Waals surface area contributed by atoms with Crippen LogP contribution in [0.5, 0.6) is 5.75 Å². The number of para-hydroxylation sites is 1. The van der Waals surface area contributed by atoms with Gasteiger partial charge in [-0.25, -0.2) is 13.2 Å². The van der Waals surface area contributed by atoms with Crippen LogP contribution >= 0.6 is 11.6 Å². The van der Waals surface area contributed by atoms with Crippen molar-refractivity contribution in [2.75, 3.05) is 32.6 Å². The zero-order valence-electron chi connectivity index (χ0n) is 16.1. The van der Waals surface area contributed by atoms with Crippen LogP contribution in [0.3, 0.4) is 0 Å². The number of amides is 1. The van der Waals surface area contributed by atoms with Crippen LogP contribution in [0.4, 0.5) is 5.69 Å². The number of carbonyl (C=O) groups excluding carboxylic acids is 2. The maximum absolute atomic E-state index is 12.9. The summed E-state index contributed by atoms with van der Waals surface area (Å²) in [6.07, 6.45) is 0. The van der Waals surface area contributed by atoms with Crippen molar-refractivity contribution in [2.24, 2.45) is 0 Å². The molecule has 0 saturated carbocycles. The van der Waals surface area contributed by atoms with Crippen LogP contribution < -0.4 is 10.1 Å². The number of esters is 1. The van der Waals surface area contributed by atoms with Gasteiger partial charge in [-0.15, -0.1) is 0 Å². The fraction of sp³-hybridized carbons (Fsp3) is 0.263. The molecule has 2 aromatic carbocycles. The molecular formula is C19H21ClN2O6S. The Labute approximate surface area is 174 Å². The lowest BCUT2D eigenvalue weighted by Gasteiger charge is -2.19. The summed E-state index contributed by atoms with van der Waals surface area (Å²) in [6.45, 7) is 1.50. The van der Waals surface area contributed by atoms with Crippen molar-refractivity contribution in [3.8, 4) is 5.75 Å². The summed E-state index contributed by atoms with van der Waals surface area (Å²) in [7, 11) is -1.58. The number of nitrogens with zero attached hydrogens (tertiary/aromatic N) is 1. The van der Waals surface area contributed by atoms with Gasteiger partial charge in [-0.2, -0.15) is 4.31 Å². The molecule has 0 aliphatic carbocycles. The third-order valence-corrected chi connectivity index (χ3v) is 5.93. The minimum absolute atomic E-state index is 0.139. The number of methoxy groups -OCH3 is 1. The van der Waals surface area contributed by atoms with E-state index in [1.807, 2.05) is 0 Å². The largest absolute Gasteiger partial charge is 0.492 e. The summed E-state index contributed by atoms with van der Waals surface area (Å²) in [5, 5.41) is 2.75. The average Bonchev–Trinajstić information content (AvgIpc) is 2.69. The molecule has 0 saturated heterocycles. The highest BCUT2D eigenvalue weighted by Crippen LogP contribution is 2.29. The molecule has 29 heavy (non-hydrogen) atoms. The topological polar surface area (TPSA) is 102 Å². The van der Waals surface area contributed by atoms with Gasteiger partial charge in [0.15, 0.2) is 0 Å². The van der Waals surface area contributed by atoms with E-state index in [1.165, 1.54) is 44.5 Å². The Morgan fingerprint density at radius 3 is 2.52 bits per heavy atom. The van der Waals surface area contributed by atoms with E-state index in [0.717, 1.165) is 4.31 Å². The van der Waals surface area contributed by atoms with Gasteiger partial charge in [-0.3, -0.25) is 4.79 Å². The molecule has 0 aromatic heterocycles. The molecule has 2 rings (SSSR count). The van der Waals surface area contributed by atoms with Crippen LogP contribution in [-0.4, -0.2) is 51.9 Å². The van der Waals surface area contributed by atoms with Crippen LogP contribution in [0.1, 0.15) is 17.3 Å². The molecule has 10 heteroatoms. The van der Waals surface area contributed by atoms with Crippen molar-refractivity contribution in [1.82, 2.24) is 4.31 Å². The van der Waals surface area contributed by atoms with Crippen LogP contribution in [-0.2, 0) is 19.6 Å². The summed E-state index contributed by atoms with van der Waals surface area (Å²) < 4.78 is 36.8. The quantitative estimate of drug-likeness (QED) is 0.633. The normalized spacial score (nSPS) is 11.2. The first-order valence-electron chi connectivity index (χ1n) is 8.56. The molecule has 156 valence electrons. The Balaban J connectivity index is 2.22. The number of halogens is 1. The van der Waals surface area contributed by atoms with E-state index in [2.05, 4.69) is 10.1 Å². The van der Waals surface area contributed by atoms with Gasteiger partial charge in [0.2, 0.25) is 15.9 Å². The monoisotopic (exact) mass is 440 g/mol. The zero-order valence-corrected chi connectivity index (χ0v) is 17.7. The SMILES string of the molecule is CCOc1ccc(Cl)cc1S(=O)(=O)N(C)CC(=O)Nc1ccccc1C(=O)OC. The second-order valence-corrected chi connectivity index (χ2v) is 8.32. The Bertz CT molecular complexity index is 1010. The molecule has 1 amide bonds. The lowest BCUT2D eigenvalue weighted by molar-refractivity contribution is -0.116. The number of sulfonamides is 1. The first kappa shape index (κ1) is 22.7. The van der Waals surface area contributed by atoms with E-state index >= 15 is 0 Å². The van der Waals surface area contributed by atoms with Gasteiger partial charge in [-0.05, 0) is 37.3 Å². The molecule has 0 spiro atoms. The van der Waals surface area contributed by atoms with Crippen LogP contribution in [0.2, 0.25) is 5.02 Å². The molecule has 0 radical (unpaired) electrons. The van der Waals surface area contributed by atoms with Gasteiger partial charge in [0, 0.05) is 12.1 Å². The highest BCUT2D eigenvalue weighted by molar-refractivity contribution is 7.89. The summed E-state index contributed by atoms with van der Waals surface area (Å²) in [4.78, 5) is 24.1. The number of nitrogens with one attached hydrogen (secondary N) is 1. The first-order valence-corrected chi connectivity index (χ1v) is 10.4. The van der Waals surface area contributed by atoms with E-state index in [9.17, 15) is 18.0 Å². The first-order chi connectivity index (χ1) is 13.7. The highest BCUT2D eigenvalue weighted by Gasteiger charge is 2.27. The highest BCUT2D eigenvalue weighted by atomic mass is 35.5. The van der Waals surface area contributed by atoms with E-state index in [0.29, 0.717) is 0 Å². The Morgan fingerprint density at radius 1 is 1.17 bits per heavy atom. The molecule has 0 aliphatic rings. The number of anilines is 1. The standard InChI is InChI=1S/C19H21ClN2O6S/c1-4-28-16-10-9-13(20)11-17(16)29(25,26)22(2)12-18(23)21-15-8-6-5-7-14(15)19(24)27-3/h5-11H,4,12H2,1-3H3,(H,21,23). The van der Waals surface area contributed by atoms with E-state index in [1.54, 1.807) is 19.1 Å². The second kappa shape index (κ2) is 9.73. The summed E-state index contributed by atoms with van der Waals surface area (Å²) in [5.41, 5.74) is 0.371. The molecule has 0 unspecified atom stereocenters. The lowest BCUT2D eigenvalue weighted by atomic mass is 10.2. The van der Waals surface area contributed by atoms with Crippen molar-refractivity contribution in [2.45, 2.75) is 11.8 Å². The zero-order chi connectivity index (χ0) is 21.6. The average molecular weight is 441 g/mol. The number of rotatable bonds is 8. The summed E-state index contributed by atoms with van der Waals surface area (Å²) >= 11 is 5.94. The van der Waals surface area contributed by atoms with Gasteiger partial charge in [0.05, 0.1) is 31.5 Å². The van der Waals surface area contributed by atoms with Crippen molar-refractivity contribution in [3.63, 3.8) is 0 Å². The van der Waals surface area contributed by atoms with Crippen molar-refractivity contribution >= 4 is 39.2 Å². The number of benzene rings is 2. The van der Waals surface area contributed by atoms with Crippen LogP contribution in [0.25, 0.3) is 0 Å². The van der Waals surface area contributed by atoms with Crippen molar-refractivity contribution in [1.29, 1.82) is 0 Å². The number of carbonyl (C=O) groups is 2. The minimum Gasteiger partial charge on any atom is -0.492 e. The van der Waals surface area contributed by atoms with Crippen LogP contribution in [0, 0.1) is 0 Å². The lowest BCUT2D eigenvalue weighted by Crippen LogP contribution is -2.35. The fourth-order valence-corrected chi connectivity index (χ4v) is 4.00. The second-order valence-electron chi connectivity index (χ2n) is 5.87. The van der Waals surface area contributed by atoms with E-state index < -0.39 is 28.4 Å². The fourth-order valence-electron chi connectivity index (χ4n) is 2.48. The molecule has 0 atom stereocenters. The van der Waals surface area contributed by atoms with Gasteiger partial charge in [0.1, 0.15) is 10.6 Å². The predicted octanol–water partition coefficient (Wildman–Crippen LogP) is 2.78. The van der Waals surface area contributed by atoms with Crippen molar-refractivity contribution in [3.05, 3.63) is 53.1 Å². The number of hydrogen-bond donors (Lipinski definition) is 1. The van der Waals surface area contributed by atoms with Gasteiger partial charge in [0.25, 0.3) is 0 Å². The minimum atomic E-state index is -4.06. The molecule has 0 fully saturated rings. The Kier molecular flexibility index (Phi) is 7.60. The van der Waals surface area contributed by atoms with Crippen LogP contribution in [0.15, 0.2) is 47.4 Å². The number of likely N-dealkylation sites (N-methyl/N-ethyl adjacent to an activating group) is 1. The summed E-state index contributed by atoms with van der Waals surface area (Å²) in [6, 6.07) is 10.5. The Morgan fingerprint density at radius 2 is 1.86 bits per heavy atom. The van der Waals surface area contributed by atoms with E-state index in [-0.39, 0.29) is 33.5 Å². The molecule has 0 bridgehead atoms. The van der Waals surface area contributed by atoms with Gasteiger partial charge < -0.3 is 14.8 Å². The number of ether oxygens (including phenoxy) is 2. The molecule has 2 aromatic rings. The molecular weight excluding hydrogens is 420 g/mol. The molecule has 8 nitrogen and oxygen atoms in total. The third kappa shape index (κ3) is 5.47. The maximum atomic E-state index is 12.9. The molecule has 1 N–H and O–H groups in total. The molecule has 0 aliphatic heterocycles. The summed E-state index contributed by atoms with van der Waals surface area (Å²) in [5.74, 6) is -1.12. The maximum Gasteiger partial charge on any atom is 0.339 e. The third-order valence-electron chi connectivity index (χ3n) is 3.87. The predicted molar refractivity (Wildman–Crippen MR) is 109 cm³/mol. The van der Waals surface area contributed by atoms with Gasteiger partial charge >= 0.3 is 5.97 Å². The van der Waals surface area contributed by atoms with Crippen molar-refractivity contribution < 1.29 is 27.5 Å². The Hall–Kier alpha value is -2.62. The van der Waals surface area contributed by atoms with E-state index in [4.69, 9.17) is 16.3 Å².